The van der Waals surface area contributed by atoms with Crippen molar-refractivity contribution < 1.29 is 22.7 Å². The summed E-state index contributed by atoms with van der Waals surface area (Å²) < 4.78 is 34.4. The third kappa shape index (κ3) is 7.47. The number of hydrogen-bond acceptors (Lipinski definition) is 5. The predicted molar refractivity (Wildman–Crippen MR) is 158 cm³/mol. The van der Waals surface area contributed by atoms with Gasteiger partial charge >= 0.3 is 0 Å². The molecule has 0 saturated heterocycles. The summed E-state index contributed by atoms with van der Waals surface area (Å²) >= 11 is 12.5. The molecule has 8 nitrogen and oxygen atoms in total. The van der Waals surface area contributed by atoms with Crippen LogP contribution in [0.15, 0.2) is 71.6 Å². The van der Waals surface area contributed by atoms with E-state index in [9.17, 15) is 18.0 Å². The topological polar surface area (TPSA) is 96.0 Å². The minimum Gasteiger partial charge on any atom is -0.495 e. The fourth-order valence-corrected chi connectivity index (χ4v) is 5.89. The highest BCUT2D eigenvalue weighted by Gasteiger charge is 2.34. The lowest BCUT2D eigenvalue weighted by atomic mass is 10.1. The molecule has 3 rings (SSSR count). The van der Waals surface area contributed by atoms with Gasteiger partial charge in [-0.3, -0.25) is 13.9 Å². The molecule has 1 atom stereocenters. The zero-order valence-corrected chi connectivity index (χ0v) is 25.2. The van der Waals surface area contributed by atoms with Crippen LogP contribution in [0, 0.1) is 6.92 Å². The molecule has 0 heterocycles. The Kier molecular flexibility index (Phi) is 10.8. The monoisotopic (exact) mass is 605 g/mol. The Balaban J connectivity index is 2.08. The molecule has 0 fully saturated rings. The standard InChI is InChI=1S/C29H33Cl2N3O5S/c1-5-16-32-29(36)21(3)33(18-22-12-13-23(30)17-25(22)31)28(35)19-34(26-8-6-7-9-27(26)39-4)40(37,38)24-14-10-20(2)11-15-24/h6-15,17,21H,5,16,18-19H2,1-4H3,(H,32,36)/t21-/m1/s1. The molecule has 0 aromatic heterocycles. The van der Waals surface area contributed by atoms with Crippen LogP contribution in [-0.2, 0) is 26.2 Å². The summed E-state index contributed by atoms with van der Waals surface area (Å²) in [7, 11) is -2.79. The molecule has 0 radical (unpaired) electrons. The molecule has 2 amide bonds. The number of anilines is 1. The Morgan fingerprint density at radius 1 is 1.02 bits per heavy atom. The van der Waals surface area contributed by atoms with Gasteiger partial charge in [0.1, 0.15) is 18.3 Å². The third-order valence-corrected chi connectivity index (χ3v) is 8.67. The molecule has 0 aliphatic heterocycles. The minimum absolute atomic E-state index is 0.0119. The van der Waals surface area contributed by atoms with E-state index in [1.807, 2.05) is 13.8 Å². The second-order valence-corrected chi connectivity index (χ2v) is 11.9. The normalized spacial score (nSPS) is 11.9. The molecular formula is C29H33Cl2N3O5S. The molecule has 40 heavy (non-hydrogen) atoms. The van der Waals surface area contributed by atoms with Crippen LogP contribution in [0.3, 0.4) is 0 Å². The maximum atomic E-state index is 14.0. The van der Waals surface area contributed by atoms with E-state index in [2.05, 4.69) is 5.32 Å². The van der Waals surface area contributed by atoms with Gasteiger partial charge in [-0.2, -0.15) is 0 Å². The first-order valence-electron chi connectivity index (χ1n) is 12.7. The molecule has 0 saturated carbocycles. The fraction of sp³-hybridized carbons (Fsp3) is 0.310. The van der Waals surface area contributed by atoms with Crippen molar-refractivity contribution in [2.24, 2.45) is 0 Å². The van der Waals surface area contributed by atoms with E-state index >= 15 is 0 Å². The van der Waals surface area contributed by atoms with E-state index < -0.39 is 28.5 Å². The van der Waals surface area contributed by atoms with E-state index in [0.29, 0.717) is 28.6 Å². The van der Waals surface area contributed by atoms with Crippen molar-refractivity contribution in [1.82, 2.24) is 10.2 Å². The van der Waals surface area contributed by atoms with Crippen molar-refractivity contribution in [2.75, 3.05) is 24.5 Å². The SMILES string of the molecule is CCCNC(=O)[C@@H](C)N(Cc1ccc(Cl)cc1Cl)C(=O)CN(c1ccccc1OC)S(=O)(=O)c1ccc(C)cc1. The van der Waals surface area contributed by atoms with Crippen molar-refractivity contribution in [2.45, 2.75) is 44.7 Å². The van der Waals surface area contributed by atoms with Crippen molar-refractivity contribution in [1.29, 1.82) is 0 Å². The number of nitrogens with zero attached hydrogens (tertiary/aromatic N) is 2. The Bertz CT molecular complexity index is 1450. The quantitative estimate of drug-likeness (QED) is 0.296. The van der Waals surface area contributed by atoms with E-state index in [-0.39, 0.29) is 28.8 Å². The summed E-state index contributed by atoms with van der Waals surface area (Å²) in [6.07, 6.45) is 0.714. The highest BCUT2D eigenvalue weighted by Crippen LogP contribution is 2.33. The number of methoxy groups -OCH3 is 1. The Hall–Kier alpha value is -3.27. The maximum Gasteiger partial charge on any atom is 0.264 e. The van der Waals surface area contributed by atoms with E-state index in [1.165, 1.54) is 24.1 Å². The van der Waals surface area contributed by atoms with Gasteiger partial charge in [0.2, 0.25) is 11.8 Å². The summed E-state index contributed by atoms with van der Waals surface area (Å²) in [5, 5.41) is 3.55. The highest BCUT2D eigenvalue weighted by molar-refractivity contribution is 7.92. The summed E-state index contributed by atoms with van der Waals surface area (Å²) in [5.41, 5.74) is 1.63. The summed E-state index contributed by atoms with van der Waals surface area (Å²) in [4.78, 5) is 28.3. The number of sulfonamides is 1. The van der Waals surface area contributed by atoms with Crippen LogP contribution in [-0.4, -0.2) is 51.4 Å². The molecule has 0 spiro atoms. The smallest absolute Gasteiger partial charge is 0.264 e. The molecule has 11 heteroatoms. The lowest BCUT2D eigenvalue weighted by Crippen LogP contribution is -2.51. The number of hydrogen-bond donors (Lipinski definition) is 1. The largest absolute Gasteiger partial charge is 0.495 e. The molecule has 214 valence electrons. The number of halogens is 2. The molecule has 0 aliphatic carbocycles. The van der Waals surface area contributed by atoms with E-state index in [4.69, 9.17) is 27.9 Å². The van der Waals surface area contributed by atoms with Gasteiger partial charge in [-0.1, -0.05) is 66.0 Å². The molecule has 0 unspecified atom stereocenters. The van der Waals surface area contributed by atoms with Crippen LogP contribution in [0.1, 0.15) is 31.4 Å². The van der Waals surface area contributed by atoms with Gasteiger partial charge in [0, 0.05) is 23.1 Å². The van der Waals surface area contributed by atoms with Gasteiger partial charge in [0.25, 0.3) is 10.0 Å². The Morgan fingerprint density at radius 2 is 1.70 bits per heavy atom. The summed E-state index contributed by atoms with van der Waals surface area (Å²) in [5.74, 6) is -0.704. The van der Waals surface area contributed by atoms with Crippen LogP contribution in [0.2, 0.25) is 10.0 Å². The summed E-state index contributed by atoms with van der Waals surface area (Å²) in [6.45, 7) is 5.16. The number of para-hydroxylation sites is 2. The van der Waals surface area contributed by atoms with Gasteiger partial charge < -0.3 is 15.0 Å². The molecule has 0 aliphatic rings. The lowest BCUT2D eigenvalue weighted by Gasteiger charge is -2.32. The Labute approximate surface area is 245 Å². The van der Waals surface area contributed by atoms with Gasteiger partial charge in [-0.15, -0.1) is 0 Å². The minimum atomic E-state index is -4.22. The van der Waals surface area contributed by atoms with Crippen molar-refractivity contribution >= 4 is 50.7 Å². The zero-order valence-electron chi connectivity index (χ0n) is 22.9. The average molecular weight is 607 g/mol. The first-order chi connectivity index (χ1) is 19.0. The maximum absolute atomic E-state index is 14.0. The highest BCUT2D eigenvalue weighted by atomic mass is 35.5. The van der Waals surface area contributed by atoms with Crippen molar-refractivity contribution in [3.8, 4) is 5.75 Å². The van der Waals surface area contributed by atoms with Crippen LogP contribution in [0.25, 0.3) is 0 Å². The van der Waals surface area contributed by atoms with E-state index in [0.717, 1.165) is 9.87 Å². The van der Waals surface area contributed by atoms with Gasteiger partial charge in [-0.05, 0) is 62.2 Å². The molecular weight excluding hydrogens is 573 g/mol. The average Bonchev–Trinajstić information content (AvgIpc) is 2.93. The first-order valence-corrected chi connectivity index (χ1v) is 14.9. The molecule has 0 bridgehead atoms. The fourth-order valence-electron chi connectivity index (χ4n) is 4.00. The third-order valence-electron chi connectivity index (χ3n) is 6.31. The zero-order chi connectivity index (χ0) is 29.4. The lowest BCUT2D eigenvalue weighted by molar-refractivity contribution is -0.139. The van der Waals surface area contributed by atoms with Crippen molar-refractivity contribution in [3.05, 3.63) is 87.9 Å². The van der Waals surface area contributed by atoms with Crippen molar-refractivity contribution in [3.63, 3.8) is 0 Å². The number of nitrogens with one attached hydrogen (secondary N) is 1. The number of rotatable bonds is 12. The second kappa shape index (κ2) is 13.9. The Morgan fingerprint density at radius 3 is 2.33 bits per heavy atom. The van der Waals surface area contributed by atoms with Gasteiger partial charge in [0.05, 0.1) is 17.7 Å². The number of carbonyl (C=O) groups excluding carboxylic acids is 2. The summed E-state index contributed by atoms with van der Waals surface area (Å²) in [6, 6.07) is 16.8. The number of benzene rings is 3. The van der Waals surface area contributed by atoms with Gasteiger partial charge in [0.15, 0.2) is 0 Å². The second-order valence-electron chi connectivity index (χ2n) is 9.22. The predicted octanol–water partition coefficient (Wildman–Crippen LogP) is 5.45. The number of amides is 2. The first kappa shape index (κ1) is 31.3. The number of carbonyl (C=O) groups is 2. The van der Waals surface area contributed by atoms with Gasteiger partial charge in [-0.25, -0.2) is 8.42 Å². The number of ether oxygens (including phenoxy) is 1. The van der Waals surface area contributed by atoms with Crippen LogP contribution in [0.5, 0.6) is 5.75 Å². The molecule has 3 aromatic rings. The number of aryl methyl sites for hydroxylation is 1. The van der Waals surface area contributed by atoms with Crippen LogP contribution >= 0.6 is 23.2 Å². The molecule has 1 N–H and O–H groups in total. The van der Waals surface area contributed by atoms with E-state index in [1.54, 1.807) is 61.5 Å². The molecule has 3 aromatic carbocycles. The van der Waals surface area contributed by atoms with Crippen LogP contribution < -0.4 is 14.4 Å². The van der Waals surface area contributed by atoms with Crippen LogP contribution in [0.4, 0.5) is 5.69 Å².